The number of rotatable bonds is 16. The van der Waals surface area contributed by atoms with Gasteiger partial charge in [0.1, 0.15) is 27.4 Å². The number of β-lactam (4-membered cyclic amide) rings is 1. The Hall–Kier alpha value is -7.56. The van der Waals surface area contributed by atoms with E-state index in [1.54, 1.807) is 5.38 Å². The molecule has 11 nitrogen and oxygen atoms in total. The Kier molecular flexibility index (Phi) is 12.9. The number of thiazole rings is 2. The highest BCUT2D eigenvalue weighted by Gasteiger charge is 2.58. The number of benzene rings is 7. The van der Waals surface area contributed by atoms with Gasteiger partial charge in [-0.05, 0) is 28.8 Å². The van der Waals surface area contributed by atoms with Gasteiger partial charge in [0.2, 0.25) is 11.5 Å². The van der Waals surface area contributed by atoms with Crippen molar-refractivity contribution < 1.29 is 24.3 Å². The van der Waals surface area contributed by atoms with Gasteiger partial charge in [0.05, 0.1) is 10.2 Å². The number of fused-ring (bicyclic) bond motifs is 2. The van der Waals surface area contributed by atoms with Gasteiger partial charge in [0, 0.05) is 34.4 Å². The van der Waals surface area contributed by atoms with Crippen LogP contribution in [0, 0.1) is 0 Å². The van der Waals surface area contributed by atoms with Crippen molar-refractivity contribution in [3.63, 3.8) is 0 Å². The highest BCUT2D eigenvalue weighted by molar-refractivity contribution is 8.06. The molecule has 2 aliphatic heterocycles. The average molecular weight is 1020 g/mol. The van der Waals surface area contributed by atoms with Crippen LogP contribution in [0.5, 0.6) is 0 Å². The lowest BCUT2D eigenvalue weighted by molar-refractivity contribution is -0.151. The molecule has 356 valence electrons. The summed E-state index contributed by atoms with van der Waals surface area (Å²) in [6.45, 7) is -0.0588. The number of carboxylic acid groups (broad SMARTS) is 1. The van der Waals surface area contributed by atoms with Crippen molar-refractivity contribution in [3.05, 3.63) is 251 Å². The van der Waals surface area contributed by atoms with Gasteiger partial charge in [-0.3, -0.25) is 14.4 Å². The second-order valence-electron chi connectivity index (χ2n) is 17.3. The zero-order valence-corrected chi connectivity index (χ0v) is 41.5. The third-order valence-electron chi connectivity index (χ3n) is 13.0. The van der Waals surface area contributed by atoms with E-state index in [2.05, 4.69) is 47.0 Å². The van der Waals surface area contributed by atoms with E-state index in [0.717, 1.165) is 43.6 Å². The molecule has 2 fully saturated rings. The maximum Gasteiger partial charge on any atom is 0.322 e. The summed E-state index contributed by atoms with van der Waals surface area (Å²) in [5, 5.41) is 24.1. The first-order valence-electron chi connectivity index (χ1n) is 23.1. The molecule has 2 aromatic heterocycles. The van der Waals surface area contributed by atoms with Gasteiger partial charge in [-0.15, -0.1) is 34.4 Å². The molecule has 3 N–H and O–H groups in total. The molecule has 2 saturated heterocycles. The van der Waals surface area contributed by atoms with Gasteiger partial charge < -0.3 is 25.5 Å². The van der Waals surface area contributed by atoms with Crippen molar-refractivity contribution in [2.45, 2.75) is 31.6 Å². The lowest BCUT2D eigenvalue weighted by atomic mass is 9.77. The van der Waals surface area contributed by atoms with Crippen molar-refractivity contribution in [1.82, 2.24) is 20.2 Å². The van der Waals surface area contributed by atoms with Gasteiger partial charge in [-0.1, -0.05) is 211 Å². The van der Waals surface area contributed by atoms with Crippen LogP contribution in [0.4, 0.5) is 5.13 Å². The van der Waals surface area contributed by atoms with E-state index in [1.165, 1.54) is 51.1 Å². The third-order valence-corrected chi connectivity index (χ3v) is 17.9. The fourth-order valence-corrected chi connectivity index (χ4v) is 14.4. The highest BCUT2D eigenvalue weighted by Crippen LogP contribution is 2.48. The monoisotopic (exact) mass is 1020 g/mol. The summed E-state index contributed by atoms with van der Waals surface area (Å²) in [7, 11) is 0. The molecular weight excluding hydrogens is 977 g/mol. The summed E-state index contributed by atoms with van der Waals surface area (Å²) in [5.41, 5.74) is 3.76. The van der Waals surface area contributed by atoms with Crippen LogP contribution in [-0.4, -0.2) is 71.9 Å². The number of para-hydroxylation sites is 1. The second-order valence-corrected chi connectivity index (χ2v) is 21.9. The Morgan fingerprint density at radius 2 is 1.17 bits per heavy atom. The molecule has 7 aromatic carbocycles. The molecule has 9 aromatic rings. The van der Waals surface area contributed by atoms with Crippen LogP contribution >= 0.6 is 46.2 Å². The van der Waals surface area contributed by atoms with Crippen LogP contribution in [0.1, 0.15) is 39.1 Å². The minimum absolute atomic E-state index is 0.0588. The van der Waals surface area contributed by atoms with Gasteiger partial charge >= 0.3 is 5.97 Å². The maximum atomic E-state index is 15.2. The number of carboxylic acids is 1. The van der Waals surface area contributed by atoms with E-state index in [-0.39, 0.29) is 23.7 Å². The van der Waals surface area contributed by atoms with Crippen LogP contribution in [0.3, 0.4) is 0 Å². The zero-order valence-electron chi connectivity index (χ0n) is 38.3. The molecule has 2 amide bonds. The van der Waals surface area contributed by atoms with E-state index < -0.39 is 45.1 Å². The minimum atomic E-state index is -1.35. The van der Waals surface area contributed by atoms with Crippen molar-refractivity contribution in [2.24, 2.45) is 5.16 Å². The summed E-state index contributed by atoms with van der Waals surface area (Å²) < 4.78 is 0.207. The van der Waals surface area contributed by atoms with Crippen molar-refractivity contribution in [2.75, 3.05) is 17.6 Å². The lowest BCUT2D eigenvalue weighted by Crippen LogP contribution is -2.74. The van der Waals surface area contributed by atoms with Crippen molar-refractivity contribution in [1.29, 1.82) is 0 Å². The molecule has 72 heavy (non-hydrogen) atoms. The van der Waals surface area contributed by atoms with Gasteiger partial charge in [-0.25, -0.2) is 9.97 Å². The fraction of sp³-hybridized carbons (Fsp3) is 0.123. The first-order chi connectivity index (χ1) is 35.3. The van der Waals surface area contributed by atoms with Crippen LogP contribution < -0.4 is 10.6 Å². The van der Waals surface area contributed by atoms with Crippen LogP contribution in [0.2, 0.25) is 0 Å². The number of thioether (sulfide) groups is 2. The third kappa shape index (κ3) is 8.61. The van der Waals surface area contributed by atoms with Crippen LogP contribution in [0.25, 0.3) is 10.2 Å². The van der Waals surface area contributed by atoms with Crippen LogP contribution in [-0.2, 0) is 30.4 Å². The summed E-state index contributed by atoms with van der Waals surface area (Å²) in [4.78, 5) is 60.7. The van der Waals surface area contributed by atoms with Gasteiger partial charge in [0.25, 0.3) is 5.91 Å². The molecule has 4 heterocycles. The van der Waals surface area contributed by atoms with Gasteiger partial charge in [0.15, 0.2) is 15.2 Å². The fourth-order valence-electron chi connectivity index (χ4n) is 9.43. The Bertz CT molecular complexity index is 3180. The SMILES string of the molecule is O=C(NC1C(=O)N2CC(Sc3nc4ccccc4s3)(C(=O)O)CS[C@H]12)C(=NOC(c1ccccc1)(c1ccccc1)c1ccccc1)c1csc(NC(c2ccccc2)(c2ccccc2)c2ccccc2)n1. The van der Waals surface area contributed by atoms with Crippen molar-refractivity contribution in [3.8, 4) is 0 Å². The standard InChI is InChI=1S/C57H44N6O5S4/c64-49(60-48-50(65)63-36-55(52(66)67,37-70-51(48)63)72-54-59-44-33-19-20-34-46(44)71-54)47(62-68-57(41-27-13-4-14-28-41,42-29-15-5-16-30-42)43-31-17-6-18-32-43)45-35-69-53(58-45)61-56(38-21-7-1-8-22-38,39-23-9-2-10-24-39)40-25-11-3-12-26-40/h1-35,48,51H,36-37H2,(H,58,61)(H,60,64)(H,66,67)/t48?,51-,55?/m1/s1. The number of anilines is 1. The van der Waals surface area contributed by atoms with E-state index in [0.29, 0.717) is 9.47 Å². The Labute approximate surface area is 432 Å². The largest absolute Gasteiger partial charge is 0.480 e. The number of carbonyl (C=O) groups excluding carboxylic acids is 2. The summed E-state index contributed by atoms with van der Waals surface area (Å²) in [6, 6.07) is 66.3. The van der Waals surface area contributed by atoms with Crippen LogP contribution in [0.15, 0.2) is 221 Å². The number of oxime groups is 1. The first kappa shape index (κ1) is 46.8. The number of nitrogens with one attached hydrogen (secondary N) is 2. The Morgan fingerprint density at radius 1 is 0.681 bits per heavy atom. The molecule has 0 bridgehead atoms. The lowest BCUT2D eigenvalue weighted by Gasteiger charge is -2.53. The van der Waals surface area contributed by atoms with E-state index in [1.807, 2.05) is 170 Å². The molecule has 15 heteroatoms. The quantitative estimate of drug-likeness (QED) is 0.0370. The average Bonchev–Trinajstić information content (AvgIpc) is 4.08. The molecule has 11 rings (SSSR count). The highest BCUT2D eigenvalue weighted by atomic mass is 32.2. The summed E-state index contributed by atoms with van der Waals surface area (Å²) in [5.74, 6) is -1.95. The molecular formula is C57H44N6O5S4. The number of hydrogen-bond acceptors (Lipinski definition) is 12. The molecule has 3 atom stereocenters. The predicted molar refractivity (Wildman–Crippen MR) is 288 cm³/mol. The molecule has 2 aliphatic rings. The smallest absolute Gasteiger partial charge is 0.322 e. The summed E-state index contributed by atoms with van der Waals surface area (Å²) in [6.07, 6.45) is 0. The number of aromatic nitrogens is 2. The van der Waals surface area contributed by atoms with E-state index >= 15 is 4.79 Å². The zero-order chi connectivity index (χ0) is 49.1. The predicted octanol–water partition coefficient (Wildman–Crippen LogP) is 10.9. The topological polar surface area (TPSA) is 146 Å². The molecule has 0 spiro atoms. The number of hydrogen-bond donors (Lipinski definition) is 3. The second kappa shape index (κ2) is 19.9. The number of nitrogens with zero attached hydrogens (tertiary/aromatic N) is 4. The minimum Gasteiger partial charge on any atom is -0.480 e. The number of carbonyl (C=O) groups is 3. The van der Waals surface area contributed by atoms with Crippen molar-refractivity contribution >= 4 is 85.0 Å². The van der Waals surface area contributed by atoms with E-state index in [9.17, 15) is 14.7 Å². The molecule has 0 aliphatic carbocycles. The molecule has 0 radical (unpaired) electrons. The number of aliphatic carboxylic acids is 1. The Balaban J connectivity index is 0.973. The molecule has 0 saturated carbocycles. The maximum absolute atomic E-state index is 15.2. The normalized spacial score (nSPS) is 17.9. The van der Waals surface area contributed by atoms with E-state index in [4.69, 9.17) is 20.0 Å². The number of amides is 2. The van der Waals surface area contributed by atoms with Gasteiger partial charge in [-0.2, -0.15) is 0 Å². The summed E-state index contributed by atoms with van der Waals surface area (Å²) >= 11 is 5.22. The first-order valence-corrected chi connectivity index (χ1v) is 26.7. The Morgan fingerprint density at radius 3 is 1.67 bits per heavy atom. The molecule has 2 unspecified atom stereocenters.